The summed E-state index contributed by atoms with van der Waals surface area (Å²) in [6, 6.07) is 13.0. The molecule has 0 aliphatic heterocycles. The lowest BCUT2D eigenvalue weighted by atomic mass is 10.0. The second-order valence-electron chi connectivity index (χ2n) is 7.05. The van der Waals surface area contributed by atoms with Crippen LogP contribution in [-0.2, 0) is 31.9 Å². The number of hydrogen-bond donors (Lipinski definition) is 2. The van der Waals surface area contributed by atoms with Gasteiger partial charge < -0.3 is 10.6 Å². The van der Waals surface area contributed by atoms with Gasteiger partial charge in [-0.2, -0.15) is 0 Å². The van der Waals surface area contributed by atoms with Gasteiger partial charge in [0.1, 0.15) is 6.04 Å². The molecule has 0 fully saturated rings. The molecule has 0 saturated carbocycles. The van der Waals surface area contributed by atoms with Gasteiger partial charge in [0.15, 0.2) is 0 Å². The van der Waals surface area contributed by atoms with Crippen LogP contribution in [0, 0.1) is 0 Å². The van der Waals surface area contributed by atoms with Crippen molar-refractivity contribution in [2.45, 2.75) is 19.0 Å². The Kier molecular flexibility index (Phi) is 6.76. The third-order valence-electron chi connectivity index (χ3n) is 4.90. The molecule has 2 N–H and O–H groups in total. The van der Waals surface area contributed by atoms with Crippen LogP contribution in [0.1, 0.15) is 21.6 Å². The Balaban J connectivity index is 1.78. The van der Waals surface area contributed by atoms with Crippen LogP contribution < -0.4 is 21.9 Å². The summed E-state index contributed by atoms with van der Waals surface area (Å²) in [5.41, 5.74) is 0.622. The van der Waals surface area contributed by atoms with E-state index in [2.05, 4.69) is 15.6 Å². The first kappa shape index (κ1) is 21.7. The molecule has 2 amide bonds. The number of carbonyl (C=O) groups is 2. The highest BCUT2D eigenvalue weighted by Gasteiger charge is 2.22. The van der Waals surface area contributed by atoms with Crippen LogP contribution in [0.4, 0.5) is 0 Å². The third kappa shape index (κ3) is 5.33. The van der Waals surface area contributed by atoms with E-state index in [1.54, 1.807) is 18.3 Å². The molecular formula is C22H23N5O4. The van der Waals surface area contributed by atoms with E-state index in [9.17, 15) is 19.2 Å². The summed E-state index contributed by atoms with van der Waals surface area (Å²) in [5.74, 6) is -0.862. The first-order valence-electron chi connectivity index (χ1n) is 9.65. The van der Waals surface area contributed by atoms with Crippen molar-refractivity contribution in [1.29, 1.82) is 0 Å². The molecule has 1 atom stereocenters. The smallest absolute Gasteiger partial charge is 0.330 e. The fraction of sp³-hybridized carbons (Fsp3) is 0.227. The molecule has 0 spiro atoms. The molecule has 0 aliphatic carbocycles. The number of aromatic nitrogens is 3. The van der Waals surface area contributed by atoms with Crippen molar-refractivity contribution >= 4 is 11.8 Å². The normalized spacial score (nSPS) is 11.5. The van der Waals surface area contributed by atoms with Crippen LogP contribution in [0.5, 0.6) is 0 Å². The molecule has 160 valence electrons. The molecule has 3 aromatic rings. The minimum absolute atomic E-state index is 0.0330. The van der Waals surface area contributed by atoms with E-state index in [1.165, 1.54) is 30.9 Å². The van der Waals surface area contributed by atoms with Gasteiger partial charge in [-0.05, 0) is 17.7 Å². The number of pyridine rings is 1. The third-order valence-corrected chi connectivity index (χ3v) is 4.90. The minimum Gasteiger partial charge on any atom is -0.349 e. The SMILES string of the molecule is Cn1c(CNC(=O)C(Cc2ccccc2)NC(=O)c2cccnc2)cc(=O)n(C)c1=O. The number of carbonyl (C=O) groups excluding carboxylic acids is 2. The second-order valence-corrected chi connectivity index (χ2v) is 7.05. The van der Waals surface area contributed by atoms with Gasteiger partial charge in [0.05, 0.1) is 12.1 Å². The van der Waals surface area contributed by atoms with Gasteiger partial charge in [-0.25, -0.2) is 4.79 Å². The van der Waals surface area contributed by atoms with Crippen LogP contribution in [0.15, 0.2) is 70.5 Å². The lowest BCUT2D eigenvalue weighted by molar-refractivity contribution is -0.123. The summed E-state index contributed by atoms with van der Waals surface area (Å²) in [7, 11) is 2.91. The Labute approximate surface area is 178 Å². The predicted molar refractivity (Wildman–Crippen MR) is 114 cm³/mol. The summed E-state index contributed by atoms with van der Waals surface area (Å²) < 4.78 is 2.28. The quantitative estimate of drug-likeness (QED) is 0.563. The zero-order valence-electron chi connectivity index (χ0n) is 17.2. The van der Waals surface area contributed by atoms with Crippen LogP contribution in [0.2, 0.25) is 0 Å². The topological polar surface area (TPSA) is 115 Å². The first-order chi connectivity index (χ1) is 14.9. The average Bonchev–Trinajstić information content (AvgIpc) is 2.79. The van der Waals surface area contributed by atoms with Gasteiger partial charge in [0, 0.05) is 44.7 Å². The van der Waals surface area contributed by atoms with Gasteiger partial charge in [-0.1, -0.05) is 30.3 Å². The monoisotopic (exact) mass is 421 g/mol. The number of benzene rings is 1. The van der Waals surface area contributed by atoms with Crippen molar-refractivity contribution in [2.75, 3.05) is 0 Å². The van der Waals surface area contributed by atoms with Crippen molar-refractivity contribution in [1.82, 2.24) is 24.8 Å². The van der Waals surface area contributed by atoms with Crippen molar-refractivity contribution in [3.05, 3.63) is 98.6 Å². The standard InChI is InChI=1S/C22H23N5O4/c1-26-17(12-19(28)27(2)22(26)31)14-24-21(30)18(11-15-7-4-3-5-8-15)25-20(29)16-9-6-10-23-13-16/h3-10,12-13,18H,11,14H2,1-2H3,(H,24,30)(H,25,29). The van der Waals surface area contributed by atoms with Crippen LogP contribution in [0.3, 0.4) is 0 Å². The van der Waals surface area contributed by atoms with Crippen LogP contribution in [-0.4, -0.2) is 32.0 Å². The minimum atomic E-state index is -0.862. The van der Waals surface area contributed by atoms with E-state index in [-0.39, 0.29) is 13.0 Å². The molecule has 0 aliphatic rings. The number of nitrogens with one attached hydrogen (secondary N) is 2. The second kappa shape index (κ2) is 9.66. The first-order valence-corrected chi connectivity index (χ1v) is 9.65. The highest BCUT2D eigenvalue weighted by Crippen LogP contribution is 2.06. The highest BCUT2D eigenvalue weighted by atomic mass is 16.2. The molecule has 2 aromatic heterocycles. The molecule has 1 unspecified atom stereocenters. The average molecular weight is 421 g/mol. The molecule has 1 aromatic carbocycles. The van der Waals surface area contributed by atoms with Gasteiger partial charge in [-0.3, -0.25) is 28.5 Å². The molecular weight excluding hydrogens is 398 g/mol. The van der Waals surface area contributed by atoms with E-state index in [0.29, 0.717) is 11.3 Å². The molecule has 3 rings (SSSR count). The summed E-state index contributed by atoms with van der Waals surface area (Å²) in [6.45, 7) is -0.0330. The van der Waals surface area contributed by atoms with E-state index in [0.717, 1.165) is 10.1 Å². The fourth-order valence-electron chi connectivity index (χ4n) is 3.05. The van der Waals surface area contributed by atoms with Gasteiger partial charge >= 0.3 is 5.69 Å². The Morgan fingerprint density at radius 1 is 1.03 bits per heavy atom. The molecule has 9 nitrogen and oxygen atoms in total. The number of amides is 2. The van der Waals surface area contributed by atoms with Crippen LogP contribution in [0.25, 0.3) is 0 Å². The molecule has 0 radical (unpaired) electrons. The Morgan fingerprint density at radius 2 is 1.77 bits per heavy atom. The van der Waals surface area contributed by atoms with Crippen molar-refractivity contribution in [2.24, 2.45) is 14.1 Å². The largest absolute Gasteiger partial charge is 0.349 e. The Morgan fingerprint density at radius 3 is 2.45 bits per heavy atom. The molecule has 9 heteroatoms. The molecule has 0 bridgehead atoms. The summed E-state index contributed by atoms with van der Waals surface area (Å²) in [5, 5.41) is 5.45. The van der Waals surface area contributed by atoms with E-state index in [1.807, 2.05) is 30.3 Å². The summed E-state index contributed by atoms with van der Waals surface area (Å²) >= 11 is 0. The number of hydrogen-bond acceptors (Lipinski definition) is 5. The van der Waals surface area contributed by atoms with Crippen molar-refractivity contribution in [3.8, 4) is 0 Å². The maximum absolute atomic E-state index is 12.9. The molecule has 0 saturated heterocycles. The lowest BCUT2D eigenvalue weighted by Crippen LogP contribution is -2.48. The Bertz CT molecular complexity index is 1190. The molecule has 31 heavy (non-hydrogen) atoms. The van der Waals surface area contributed by atoms with Crippen molar-refractivity contribution in [3.63, 3.8) is 0 Å². The highest BCUT2D eigenvalue weighted by molar-refractivity contribution is 5.97. The zero-order valence-corrected chi connectivity index (χ0v) is 17.2. The lowest BCUT2D eigenvalue weighted by Gasteiger charge is -2.19. The predicted octanol–water partition coefficient (Wildman–Crippen LogP) is 0.136. The number of nitrogens with zero attached hydrogens (tertiary/aromatic N) is 3. The van der Waals surface area contributed by atoms with E-state index in [4.69, 9.17) is 0 Å². The summed E-state index contributed by atoms with van der Waals surface area (Å²) in [6.07, 6.45) is 3.25. The summed E-state index contributed by atoms with van der Waals surface area (Å²) in [4.78, 5) is 53.4. The number of rotatable bonds is 7. The fourth-order valence-corrected chi connectivity index (χ4v) is 3.05. The van der Waals surface area contributed by atoms with Crippen molar-refractivity contribution < 1.29 is 9.59 Å². The van der Waals surface area contributed by atoms with Gasteiger partial charge in [0.2, 0.25) is 5.91 Å². The maximum Gasteiger partial charge on any atom is 0.330 e. The van der Waals surface area contributed by atoms with Gasteiger partial charge in [0.25, 0.3) is 11.5 Å². The zero-order chi connectivity index (χ0) is 22.4. The molecule has 2 heterocycles. The maximum atomic E-state index is 12.9. The van der Waals surface area contributed by atoms with E-state index < -0.39 is 29.1 Å². The van der Waals surface area contributed by atoms with E-state index >= 15 is 0 Å². The Hall–Kier alpha value is -4.01. The van der Waals surface area contributed by atoms with Crippen LogP contribution >= 0.6 is 0 Å². The van der Waals surface area contributed by atoms with Gasteiger partial charge in [-0.15, -0.1) is 0 Å².